The van der Waals surface area contributed by atoms with Gasteiger partial charge in [-0.1, -0.05) is 6.07 Å². The second-order valence-electron chi connectivity index (χ2n) is 5.32. The number of aromatic carboxylic acids is 1. The van der Waals surface area contributed by atoms with Gasteiger partial charge in [0.25, 0.3) is 5.91 Å². The molecule has 3 aromatic rings. The van der Waals surface area contributed by atoms with Crippen LogP contribution in [0.4, 0.5) is 20.3 Å². The first-order chi connectivity index (χ1) is 12.9. The minimum Gasteiger partial charge on any atom is -0.478 e. The number of halogens is 2. The molecule has 0 fully saturated rings. The first kappa shape index (κ1) is 17.9. The number of benzene rings is 1. The van der Waals surface area contributed by atoms with E-state index < -0.39 is 29.1 Å². The van der Waals surface area contributed by atoms with Gasteiger partial charge in [-0.2, -0.15) is 0 Å². The van der Waals surface area contributed by atoms with Crippen LogP contribution in [-0.4, -0.2) is 32.2 Å². The van der Waals surface area contributed by atoms with Crippen LogP contribution in [0.5, 0.6) is 0 Å². The van der Waals surface area contributed by atoms with E-state index in [4.69, 9.17) is 10.8 Å². The van der Waals surface area contributed by atoms with Gasteiger partial charge in [-0.15, -0.1) is 10.2 Å². The highest BCUT2D eigenvalue weighted by atomic mass is 19.1. The van der Waals surface area contributed by atoms with Crippen molar-refractivity contribution in [3.05, 3.63) is 65.5 Å². The number of nitrogens with zero attached hydrogens (tertiary/aromatic N) is 3. The minimum atomic E-state index is -1.16. The van der Waals surface area contributed by atoms with Crippen molar-refractivity contribution in [1.29, 1.82) is 0 Å². The number of carbonyl (C=O) groups excluding carboxylic acids is 1. The van der Waals surface area contributed by atoms with Crippen molar-refractivity contribution < 1.29 is 23.5 Å². The largest absolute Gasteiger partial charge is 0.478 e. The van der Waals surface area contributed by atoms with E-state index in [9.17, 15) is 18.4 Å². The van der Waals surface area contributed by atoms with E-state index in [1.165, 1.54) is 24.3 Å². The number of hydrogen-bond acceptors (Lipinski definition) is 6. The fourth-order valence-corrected chi connectivity index (χ4v) is 2.27. The number of hydrogen-bond donors (Lipinski definition) is 3. The second-order valence-corrected chi connectivity index (χ2v) is 5.32. The minimum absolute atomic E-state index is 0.00530. The highest BCUT2D eigenvalue weighted by molar-refractivity contribution is 5.97. The van der Waals surface area contributed by atoms with E-state index in [-0.39, 0.29) is 28.5 Å². The van der Waals surface area contributed by atoms with Crippen LogP contribution in [0, 0.1) is 11.6 Å². The average molecular weight is 371 g/mol. The summed E-state index contributed by atoms with van der Waals surface area (Å²) < 4.78 is 28.0. The Morgan fingerprint density at radius 3 is 2.33 bits per heavy atom. The smallest absolute Gasteiger partial charge is 0.337 e. The third-order valence-corrected chi connectivity index (χ3v) is 3.52. The monoisotopic (exact) mass is 371 g/mol. The van der Waals surface area contributed by atoms with Crippen molar-refractivity contribution in [1.82, 2.24) is 15.2 Å². The number of amides is 1. The number of nitrogens with two attached hydrogens (primary N) is 1. The molecule has 0 bridgehead atoms. The normalized spacial score (nSPS) is 10.4. The molecule has 4 N–H and O–H groups in total. The fourth-order valence-electron chi connectivity index (χ4n) is 2.27. The Labute approximate surface area is 150 Å². The Balaban J connectivity index is 2.05. The van der Waals surface area contributed by atoms with Gasteiger partial charge >= 0.3 is 5.97 Å². The Hall–Kier alpha value is -3.95. The van der Waals surface area contributed by atoms with E-state index in [0.29, 0.717) is 0 Å². The number of carboxylic acids is 1. The number of carbonyl (C=O) groups is 2. The molecule has 3 rings (SSSR count). The zero-order valence-corrected chi connectivity index (χ0v) is 13.5. The van der Waals surface area contributed by atoms with Crippen molar-refractivity contribution in [3.8, 4) is 11.3 Å². The SMILES string of the molecule is NC(=O)c1nnc(-c2c(F)cccc2F)cc1Nc1ccc(C(=O)O)cn1. The lowest BCUT2D eigenvalue weighted by molar-refractivity contribution is 0.0696. The highest BCUT2D eigenvalue weighted by Crippen LogP contribution is 2.28. The number of carboxylic acid groups (broad SMARTS) is 1. The summed E-state index contributed by atoms with van der Waals surface area (Å²) in [6.45, 7) is 0. The van der Waals surface area contributed by atoms with Crippen LogP contribution in [0.2, 0.25) is 0 Å². The number of rotatable bonds is 5. The summed E-state index contributed by atoms with van der Waals surface area (Å²) in [5.41, 5.74) is 4.35. The van der Waals surface area contributed by atoms with Crippen LogP contribution in [-0.2, 0) is 0 Å². The van der Waals surface area contributed by atoms with Gasteiger partial charge in [-0.25, -0.2) is 18.6 Å². The molecule has 27 heavy (non-hydrogen) atoms. The van der Waals surface area contributed by atoms with Crippen LogP contribution in [0.15, 0.2) is 42.6 Å². The van der Waals surface area contributed by atoms with Gasteiger partial charge in [-0.3, -0.25) is 4.79 Å². The summed E-state index contributed by atoms with van der Waals surface area (Å²) in [6.07, 6.45) is 1.10. The molecule has 0 aliphatic rings. The fraction of sp³-hybridized carbons (Fsp3) is 0. The standard InChI is InChI=1S/C17H11F2N5O3/c18-9-2-1-3-10(19)14(9)11-6-12(15(16(20)25)24-23-11)22-13-5-4-8(7-21-13)17(26)27/h1-7H,(H2,20,25)(H,26,27)(H,21,22,23). The zero-order valence-electron chi connectivity index (χ0n) is 13.5. The number of nitrogens with one attached hydrogen (secondary N) is 1. The van der Waals surface area contributed by atoms with Crippen LogP contribution in [0.3, 0.4) is 0 Å². The quantitative estimate of drug-likeness (QED) is 0.627. The van der Waals surface area contributed by atoms with Gasteiger partial charge in [0.2, 0.25) is 0 Å². The lowest BCUT2D eigenvalue weighted by Crippen LogP contribution is -2.17. The molecule has 0 saturated carbocycles. The van der Waals surface area contributed by atoms with Crippen LogP contribution in [0.25, 0.3) is 11.3 Å². The third kappa shape index (κ3) is 3.68. The van der Waals surface area contributed by atoms with Crippen molar-refractivity contribution >= 4 is 23.4 Å². The number of pyridine rings is 1. The van der Waals surface area contributed by atoms with E-state index >= 15 is 0 Å². The summed E-state index contributed by atoms with van der Waals surface area (Å²) in [6, 6.07) is 7.14. The molecule has 0 spiro atoms. The van der Waals surface area contributed by atoms with Crippen LogP contribution in [0.1, 0.15) is 20.8 Å². The van der Waals surface area contributed by atoms with E-state index in [1.807, 2.05) is 0 Å². The maximum Gasteiger partial charge on any atom is 0.337 e. The van der Waals surface area contributed by atoms with Crippen molar-refractivity contribution in [3.63, 3.8) is 0 Å². The van der Waals surface area contributed by atoms with Gasteiger partial charge in [0.1, 0.15) is 23.1 Å². The lowest BCUT2D eigenvalue weighted by atomic mass is 10.1. The van der Waals surface area contributed by atoms with E-state index in [1.54, 1.807) is 0 Å². The van der Waals surface area contributed by atoms with Gasteiger partial charge in [-0.05, 0) is 30.3 Å². The third-order valence-electron chi connectivity index (χ3n) is 3.52. The molecule has 1 amide bonds. The van der Waals surface area contributed by atoms with Gasteiger partial charge in [0, 0.05) is 6.20 Å². The molecule has 136 valence electrons. The van der Waals surface area contributed by atoms with Crippen LogP contribution >= 0.6 is 0 Å². The first-order valence-electron chi connectivity index (χ1n) is 7.45. The maximum absolute atomic E-state index is 14.0. The molecule has 0 saturated heterocycles. The lowest BCUT2D eigenvalue weighted by Gasteiger charge is -2.11. The van der Waals surface area contributed by atoms with Gasteiger partial charge < -0.3 is 16.2 Å². The number of anilines is 2. The van der Waals surface area contributed by atoms with E-state index in [2.05, 4.69) is 20.5 Å². The molecule has 2 aromatic heterocycles. The van der Waals surface area contributed by atoms with Crippen molar-refractivity contribution in [2.24, 2.45) is 5.73 Å². The van der Waals surface area contributed by atoms with Crippen molar-refractivity contribution in [2.45, 2.75) is 0 Å². The van der Waals surface area contributed by atoms with E-state index in [0.717, 1.165) is 18.3 Å². The Morgan fingerprint density at radius 1 is 1.07 bits per heavy atom. The molecule has 0 unspecified atom stereocenters. The predicted molar refractivity (Wildman–Crippen MR) is 90.4 cm³/mol. The topological polar surface area (TPSA) is 131 Å². The molecule has 1 aromatic carbocycles. The maximum atomic E-state index is 14.0. The van der Waals surface area contributed by atoms with Gasteiger partial charge in [0.15, 0.2) is 5.69 Å². The molecular formula is C17H11F2N5O3. The number of primary amides is 1. The Bertz CT molecular complexity index is 1020. The molecular weight excluding hydrogens is 360 g/mol. The Kier molecular flexibility index (Phi) is 4.71. The van der Waals surface area contributed by atoms with Gasteiger partial charge in [0.05, 0.1) is 16.8 Å². The summed E-state index contributed by atoms with van der Waals surface area (Å²) in [5.74, 6) is -3.63. The molecule has 0 aliphatic carbocycles. The van der Waals surface area contributed by atoms with Crippen molar-refractivity contribution in [2.75, 3.05) is 5.32 Å². The predicted octanol–water partition coefficient (Wildman–Crippen LogP) is 2.36. The molecule has 0 radical (unpaired) electrons. The second kappa shape index (κ2) is 7.12. The highest BCUT2D eigenvalue weighted by Gasteiger charge is 2.18. The zero-order chi connectivity index (χ0) is 19.6. The summed E-state index contributed by atoms with van der Waals surface area (Å²) >= 11 is 0. The Morgan fingerprint density at radius 2 is 1.78 bits per heavy atom. The molecule has 0 atom stereocenters. The summed E-state index contributed by atoms with van der Waals surface area (Å²) in [7, 11) is 0. The summed E-state index contributed by atoms with van der Waals surface area (Å²) in [4.78, 5) is 26.3. The molecule has 0 aliphatic heterocycles. The summed E-state index contributed by atoms with van der Waals surface area (Å²) in [5, 5.41) is 18.9. The van der Waals surface area contributed by atoms with Crippen LogP contribution < -0.4 is 11.1 Å². The average Bonchev–Trinajstić information content (AvgIpc) is 2.62. The molecule has 2 heterocycles. The molecule has 10 heteroatoms. The first-order valence-corrected chi connectivity index (χ1v) is 7.45. The molecule has 8 nitrogen and oxygen atoms in total. The number of aromatic nitrogens is 3.